The molecule has 1 unspecified atom stereocenters. The van der Waals surface area contributed by atoms with Crippen molar-refractivity contribution in [1.29, 1.82) is 0 Å². The minimum Gasteiger partial charge on any atom is -0.424 e. The van der Waals surface area contributed by atoms with Crippen LogP contribution in [0.1, 0.15) is 75.6 Å². The van der Waals surface area contributed by atoms with Crippen LogP contribution in [0.4, 0.5) is 0 Å². The van der Waals surface area contributed by atoms with Crippen LogP contribution >= 0.6 is 7.60 Å². The van der Waals surface area contributed by atoms with Gasteiger partial charge in [-0.3, -0.25) is 19.2 Å². The van der Waals surface area contributed by atoms with E-state index in [1.165, 1.54) is 24.3 Å². The van der Waals surface area contributed by atoms with Crippen molar-refractivity contribution in [1.82, 2.24) is 16.0 Å². The number of rotatable bonds is 36. The van der Waals surface area contributed by atoms with Crippen LogP contribution in [0.25, 0.3) is 0 Å². The molecule has 17 heteroatoms. The molecule has 16 nitrogen and oxygen atoms in total. The second-order valence-corrected chi connectivity index (χ2v) is 15.8. The van der Waals surface area contributed by atoms with E-state index in [2.05, 4.69) is 33.7 Å². The van der Waals surface area contributed by atoms with E-state index in [0.717, 1.165) is 0 Å². The fourth-order valence-corrected chi connectivity index (χ4v) is 5.77. The zero-order valence-electron chi connectivity index (χ0n) is 34.5. The van der Waals surface area contributed by atoms with Gasteiger partial charge in [-0.15, -0.1) is 19.3 Å². The maximum Gasteiger partial charge on any atom is 0.379 e. The van der Waals surface area contributed by atoms with Gasteiger partial charge < -0.3 is 53.8 Å². The summed E-state index contributed by atoms with van der Waals surface area (Å²) < 4.78 is 49.7. The van der Waals surface area contributed by atoms with E-state index in [1.807, 2.05) is 0 Å². The molecule has 0 aromatic heterocycles. The maximum absolute atomic E-state index is 13.9. The summed E-state index contributed by atoms with van der Waals surface area (Å²) in [4.78, 5) is 63.3. The molecule has 0 heterocycles. The van der Waals surface area contributed by atoms with Gasteiger partial charge in [0.1, 0.15) is 31.4 Å². The number of carbonyl (C=O) groups is 4. The Morgan fingerprint density at radius 2 is 1.10 bits per heavy atom. The number of nitrogens with one attached hydrogen (secondary N) is 3. The standard InChI is InChI=1S/C42H62N3O13P/c1-6-23-52-29-32-55-26-9-10-37(46)15-18-42(19-16-39(47)43-21-27-56-33-30-53-24-7-2,20-17-40(48)44-22-28-57-34-31-54-25-8-3)45-41(49)36-11-13-38(14-12-36)58-59(50,51)35(4)5/h1-3,11-14,35H,9-10,15-34H2,4-5H3,(H,43,47)(H,44,48)(H,45,49)(H,50,51). The van der Waals surface area contributed by atoms with Crippen molar-refractivity contribution < 1.29 is 61.6 Å². The molecule has 0 aliphatic carbocycles. The number of ether oxygens (including phenoxy) is 6. The van der Waals surface area contributed by atoms with Gasteiger partial charge in [-0.05, 0) is 49.9 Å². The Morgan fingerprint density at radius 1 is 0.661 bits per heavy atom. The predicted molar refractivity (Wildman–Crippen MR) is 222 cm³/mol. The Kier molecular flexibility index (Phi) is 29.1. The van der Waals surface area contributed by atoms with Crippen molar-refractivity contribution in [3.8, 4) is 42.8 Å². The van der Waals surface area contributed by atoms with E-state index < -0.39 is 24.7 Å². The Hall–Kier alpha value is -4.27. The Morgan fingerprint density at radius 3 is 1.56 bits per heavy atom. The number of ketones is 1. The van der Waals surface area contributed by atoms with E-state index in [1.54, 1.807) is 13.8 Å². The monoisotopic (exact) mass is 847 g/mol. The molecule has 0 radical (unpaired) electrons. The molecule has 3 amide bonds. The summed E-state index contributed by atoms with van der Waals surface area (Å²) in [6.45, 7) is 6.77. The van der Waals surface area contributed by atoms with Crippen molar-refractivity contribution in [2.24, 2.45) is 0 Å². The molecule has 328 valence electrons. The highest BCUT2D eigenvalue weighted by Crippen LogP contribution is 2.47. The summed E-state index contributed by atoms with van der Waals surface area (Å²) in [6, 6.07) is 5.69. The third-order valence-electron chi connectivity index (χ3n) is 8.48. The molecule has 1 rings (SSSR count). The molecule has 1 atom stereocenters. The van der Waals surface area contributed by atoms with Crippen LogP contribution in [0.15, 0.2) is 24.3 Å². The number of benzene rings is 1. The van der Waals surface area contributed by atoms with Gasteiger partial charge in [0.15, 0.2) is 0 Å². The van der Waals surface area contributed by atoms with Gasteiger partial charge in [-0.1, -0.05) is 31.6 Å². The summed E-state index contributed by atoms with van der Waals surface area (Å²) in [5.41, 5.74) is -1.64. The molecule has 1 aromatic rings. The fraction of sp³-hybridized carbons (Fsp3) is 0.619. The molecule has 0 bridgehead atoms. The third kappa shape index (κ3) is 26.4. The second-order valence-electron chi connectivity index (χ2n) is 13.5. The van der Waals surface area contributed by atoms with Gasteiger partial charge in [-0.2, -0.15) is 0 Å². The first kappa shape index (κ1) is 52.7. The topological polar surface area (TPSA) is 206 Å². The summed E-state index contributed by atoms with van der Waals surface area (Å²) in [6.07, 6.45) is 16.4. The summed E-state index contributed by atoms with van der Waals surface area (Å²) in [5.74, 6) is 5.93. The number of terminal acetylenes is 3. The minimum absolute atomic E-state index is 0.0414. The van der Waals surface area contributed by atoms with Crippen LogP contribution in [0.2, 0.25) is 0 Å². The van der Waals surface area contributed by atoms with Crippen molar-refractivity contribution in [2.45, 2.75) is 76.4 Å². The minimum atomic E-state index is -3.94. The van der Waals surface area contributed by atoms with Gasteiger partial charge in [0, 0.05) is 56.5 Å². The number of carbonyl (C=O) groups excluding carboxylic acids is 4. The number of hydrogen-bond acceptors (Lipinski definition) is 12. The first-order valence-corrected chi connectivity index (χ1v) is 21.3. The molecule has 0 fully saturated rings. The lowest BCUT2D eigenvalue weighted by Gasteiger charge is -2.35. The Bertz CT molecular complexity index is 1440. The van der Waals surface area contributed by atoms with E-state index >= 15 is 0 Å². The third-order valence-corrected chi connectivity index (χ3v) is 10.3. The lowest BCUT2D eigenvalue weighted by Crippen LogP contribution is -2.50. The van der Waals surface area contributed by atoms with E-state index in [0.29, 0.717) is 52.7 Å². The van der Waals surface area contributed by atoms with E-state index in [-0.39, 0.29) is 120 Å². The second kappa shape index (κ2) is 32.6. The van der Waals surface area contributed by atoms with E-state index in [4.69, 9.17) is 52.2 Å². The van der Waals surface area contributed by atoms with E-state index in [9.17, 15) is 28.6 Å². The highest BCUT2D eigenvalue weighted by molar-refractivity contribution is 7.53. The quantitative estimate of drug-likeness (QED) is 0.0436. The molecule has 1 aromatic carbocycles. The van der Waals surface area contributed by atoms with Gasteiger partial charge in [-0.25, -0.2) is 4.57 Å². The smallest absolute Gasteiger partial charge is 0.379 e. The largest absolute Gasteiger partial charge is 0.424 e. The first-order valence-electron chi connectivity index (χ1n) is 19.6. The highest BCUT2D eigenvalue weighted by atomic mass is 31.2. The number of hydrogen-bond donors (Lipinski definition) is 4. The lowest BCUT2D eigenvalue weighted by molar-refractivity contribution is -0.121. The normalized spacial score (nSPS) is 12.1. The molecule has 0 aliphatic rings. The summed E-state index contributed by atoms with van der Waals surface area (Å²) in [7, 11) is -3.94. The average Bonchev–Trinajstić information content (AvgIpc) is 3.21. The number of amides is 3. The van der Waals surface area contributed by atoms with Crippen molar-refractivity contribution in [3.05, 3.63) is 29.8 Å². The first-order chi connectivity index (χ1) is 28.4. The molecule has 0 saturated heterocycles. The zero-order valence-corrected chi connectivity index (χ0v) is 35.4. The highest BCUT2D eigenvalue weighted by Gasteiger charge is 2.34. The van der Waals surface area contributed by atoms with Crippen molar-refractivity contribution >= 4 is 31.1 Å². The van der Waals surface area contributed by atoms with Crippen LogP contribution in [0.3, 0.4) is 0 Å². The zero-order chi connectivity index (χ0) is 43.6. The summed E-state index contributed by atoms with van der Waals surface area (Å²) >= 11 is 0. The molecule has 4 N–H and O–H groups in total. The fourth-order valence-electron chi connectivity index (χ4n) is 5.13. The Balaban J connectivity index is 3.14. The molecular formula is C42H62N3O13P. The van der Waals surface area contributed by atoms with Crippen LogP contribution in [-0.4, -0.2) is 132 Å². The average molecular weight is 848 g/mol. The molecular weight excluding hydrogens is 785 g/mol. The summed E-state index contributed by atoms with van der Waals surface area (Å²) in [5, 5.41) is 8.64. The molecule has 59 heavy (non-hydrogen) atoms. The maximum atomic E-state index is 13.9. The van der Waals surface area contributed by atoms with Crippen LogP contribution in [0.5, 0.6) is 5.75 Å². The van der Waals surface area contributed by atoms with Gasteiger partial charge >= 0.3 is 7.60 Å². The van der Waals surface area contributed by atoms with Gasteiger partial charge in [0.05, 0.1) is 58.5 Å². The molecule has 0 spiro atoms. The predicted octanol–water partition coefficient (Wildman–Crippen LogP) is 3.05. The molecule has 0 saturated carbocycles. The van der Waals surface area contributed by atoms with Gasteiger partial charge in [0.2, 0.25) is 11.8 Å². The Labute approximate surface area is 349 Å². The lowest BCUT2D eigenvalue weighted by atomic mass is 9.82. The SMILES string of the molecule is C#CCOCCOCCCC(=O)CCC(CCC(=O)NCCOCCOCC#C)(CCC(=O)NCCOCCOCC#C)NC(=O)c1ccc(OP(=O)(O)C(C)C)cc1. The molecule has 0 aliphatic heterocycles. The van der Waals surface area contributed by atoms with Crippen LogP contribution in [-0.2, 0) is 47.4 Å². The van der Waals surface area contributed by atoms with Crippen LogP contribution in [0, 0.1) is 37.0 Å². The van der Waals surface area contributed by atoms with Crippen LogP contribution < -0.4 is 20.5 Å². The van der Waals surface area contributed by atoms with Crippen molar-refractivity contribution in [3.63, 3.8) is 0 Å². The van der Waals surface area contributed by atoms with Gasteiger partial charge in [0.25, 0.3) is 5.91 Å². The van der Waals surface area contributed by atoms with Crippen molar-refractivity contribution in [2.75, 3.05) is 92.4 Å². The number of Topliss-reactive ketones (excluding diaryl/α,β-unsaturated/α-hetero) is 1.